The average molecular weight is 345 g/mol. The molecule has 2 saturated heterocycles. The highest BCUT2D eigenvalue weighted by atomic mass is 16.5. The molecule has 134 valence electrons. The van der Waals surface area contributed by atoms with Crippen LogP contribution in [0.5, 0.6) is 0 Å². The Morgan fingerprint density at radius 1 is 1.16 bits per heavy atom. The van der Waals surface area contributed by atoms with Crippen LogP contribution in [-0.4, -0.2) is 48.0 Å². The highest BCUT2D eigenvalue weighted by molar-refractivity contribution is 5.90. The number of nitrogens with zero attached hydrogens (tertiary/aromatic N) is 1. The number of alkyl carbamates (subject to hydrolysis) is 1. The number of benzene rings is 1. The van der Waals surface area contributed by atoms with Gasteiger partial charge in [-0.15, -0.1) is 0 Å². The Labute approximate surface area is 146 Å². The van der Waals surface area contributed by atoms with Crippen molar-refractivity contribution < 1.29 is 19.1 Å². The van der Waals surface area contributed by atoms with Gasteiger partial charge >= 0.3 is 6.09 Å². The molecule has 0 bridgehead atoms. The molecule has 3 rings (SSSR count). The first-order chi connectivity index (χ1) is 12.1. The van der Waals surface area contributed by atoms with Gasteiger partial charge in [0.05, 0.1) is 0 Å². The van der Waals surface area contributed by atoms with Crippen molar-refractivity contribution in [2.24, 2.45) is 0 Å². The quantitative estimate of drug-likeness (QED) is 0.858. The lowest BCUT2D eigenvalue weighted by Crippen LogP contribution is -2.51. The third-order valence-electron chi connectivity index (χ3n) is 4.63. The third kappa shape index (κ3) is 4.71. The number of hydrogen-bond donors (Lipinski definition) is 2. The highest BCUT2D eigenvalue weighted by Gasteiger charge is 2.32. The van der Waals surface area contributed by atoms with Crippen LogP contribution in [0.1, 0.15) is 31.2 Å². The maximum absolute atomic E-state index is 12.3. The number of piperidine rings is 1. The van der Waals surface area contributed by atoms with Gasteiger partial charge in [0.25, 0.3) is 0 Å². The summed E-state index contributed by atoms with van der Waals surface area (Å²) in [6, 6.07) is 9.14. The van der Waals surface area contributed by atoms with Crippen LogP contribution in [0.2, 0.25) is 0 Å². The Bertz CT molecular complexity index is 626. The first-order valence-electron chi connectivity index (χ1n) is 8.67. The van der Waals surface area contributed by atoms with Gasteiger partial charge in [-0.3, -0.25) is 9.59 Å². The van der Waals surface area contributed by atoms with Gasteiger partial charge in [-0.05, 0) is 24.8 Å². The fourth-order valence-electron chi connectivity index (χ4n) is 3.20. The molecule has 0 aliphatic carbocycles. The van der Waals surface area contributed by atoms with Crippen molar-refractivity contribution in [1.82, 2.24) is 15.5 Å². The molecular weight excluding hydrogens is 322 g/mol. The van der Waals surface area contributed by atoms with Crippen molar-refractivity contribution in [2.45, 2.75) is 44.4 Å². The van der Waals surface area contributed by atoms with Gasteiger partial charge < -0.3 is 20.3 Å². The number of carbonyl (C=O) groups excluding carboxylic acids is 3. The van der Waals surface area contributed by atoms with Gasteiger partial charge in [0.15, 0.2) is 0 Å². The highest BCUT2D eigenvalue weighted by Crippen LogP contribution is 2.15. The van der Waals surface area contributed by atoms with E-state index in [2.05, 4.69) is 10.6 Å². The second-order valence-corrected chi connectivity index (χ2v) is 6.46. The number of likely N-dealkylation sites (tertiary alicyclic amines) is 1. The van der Waals surface area contributed by atoms with Crippen molar-refractivity contribution in [3.63, 3.8) is 0 Å². The first-order valence-corrected chi connectivity index (χ1v) is 8.67. The number of carbonyl (C=O) groups is 3. The SMILES string of the molecule is O=C1CCC(C(=O)N2CCC(NC(=O)OCc3ccccc3)CC2)N1. The molecule has 0 saturated carbocycles. The summed E-state index contributed by atoms with van der Waals surface area (Å²) in [5.41, 5.74) is 0.941. The number of ether oxygens (including phenoxy) is 1. The Hall–Kier alpha value is -2.57. The lowest BCUT2D eigenvalue weighted by atomic mass is 10.0. The normalized spacial score (nSPS) is 20.9. The zero-order valence-electron chi connectivity index (χ0n) is 14.1. The van der Waals surface area contributed by atoms with Crippen molar-refractivity contribution in [1.29, 1.82) is 0 Å². The smallest absolute Gasteiger partial charge is 0.407 e. The summed E-state index contributed by atoms with van der Waals surface area (Å²) in [6.07, 6.45) is 1.93. The topological polar surface area (TPSA) is 87.7 Å². The molecule has 1 aromatic carbocycles. The van der Waals surface area contributed by atoms with Gasteiger partial charge in [0.2, 0.25) is 11.8 Å². The summed E-state index contributed by atoms with van der Waals surface area (Å²) in [7, 11) is 0. The van der Waals surface area contributed by atoms with E-state index < -0.39 is 6.09 Å². The molecule has 7 heteroatoms. The fourth-order valence-corrected chi connectivity index (χ4v) is 3.20. The summed E-state index contributed by atoms with van der Waals surface area (Å²) in [6.45, 7) is 1.40. The van der Waals surface area contributed by atoms with E-state index in [1.807, 2.05) is 30.3 Å². The molecule has 25 heavy (non-hydrogen) atoms. The molecule has 1 aromatic rings. The Balaban J connectivity index is 1.38. The lowest BCUT2D eigenvalue weighted by molar-refractivity contribution is -0.135. The van der Waals surface area contributed by atoms with E-state index in [4.69, 9.17) is 4.74 Å². The van der Waals surface area contributed by atoms with Gasteiger partial charge in [-0.2, -0.15) is 0 Å². The van der Waals surface area contributed by atoms with Crippen LogP contribution >= 0.6 is 0 Å². The molecule has 0 radical (unpaired) electrons. The van der Waals surface area contributed by atoms with Crippen LogP contribution < -0.4 is 10.6 Å². The minimum absolute atomic E-state index is 0.00509. The minimum atomic E-state index is -0.434. The largest absolute Gasteiger partial charge is 0.445 e. The molecular formula is C18H23N3O4. The Morgan fingerprint density at radius 3 is 2.52 bits per heavy atom. The van der Waals surface area contributed by atoms with E-state index in [-0.39, 0.29) is 30.5 Å². The molecule has 1 unspecified atom stereocenters. The number of hydrogen-bond acceptors (Lipinski definition) is 4. The standard InChI is InChI=1S/C18H23N3O4/c22-16-7-6-15(20-16)17(23)21-10-8-14(9-11-21)19-18(24)25-12-13-4-2-1-3-5-13/h1-5,14-15H,6-12H2,(H,19,24)(H,20,22). The number of amides is 3. The minimum Gasteiger partial charge on any atom is -0.445 e. The summed E-state index contributed by atoms with van der Waals surface area (Å²) in [5, 5.41) is 5.56. The fraction of sp³-hybridized carbons (Fsp3) is 0.500. The van der Waals surface area contributed by atoms with Gasteiger partial charge in [0, 0.05) is 25.6 Å². The monoisotopic (exact) mass is 345 g/mol. The summed E-state index contributed by atoms with van der Waals surface area (Å²) in [4.78, 5) is 37.2. The average Bonchev–Trinajstić information content (AvgIpc) is 3.07. The molecule has 0 spiro atoms. The third-order valence-corrected chi connectivity index (χ3v) is 4.63. The Morgan fingerprint density at radius 2 is 1.88 bits per heavy atom. The van der Waals surface area contributed by atoms with Gasteiger partial charge in [0.1, 0.15) is 12.6 Å². The van der Waals surface area contributed by atoms with Crippen molar-refractivity contribution >= 4 is 17.9 Å². The summed E-state index contributed by atoms with van der Waals surface area (Å²) >= 11 is 0. The van der Waals surface area contributed by atoms with Crippen LogP contribution in [0.25, 0.3) is 0 Å². The van der Waals surface area contributed by atoms with E-state index in [0.29, 0.717) is 38.8 Å². The van der Waals surface area contributed by atoms with Crippen LogP contribution in [0.4, 0.5) is 4.79 Å². The van der Waals surface area contributed by atoms with Crippen LogP contribution in [-0.2, 0) is 20.9 Å². The Kier molecular flexibility index (Phi) is 5.53. The van der Waals surface area contributed by atoms with Crippen LogP contribution in [0, 0.1) is 0 Å². The molecule has 1 atom stereocenters. The molecule has 0 aromatic heterocycles. The summed E-state index contributed by atoms with van der Waals surface area (Å²) in [5.74, 6) is -0.0768. The second kappa shape index (κ2) is 8.00. The van der Waals surface area contributed by atoms with Crippen molar-refractivity contribution in [2.75, 3.05) is 13.1 Å². The zero-order valence-corrected chi connectivity index (χ0v) is 14.1. The maximum atomic E-state index is 12.3. The lowest BCUT2D eigenvalue weighted by Gasteiger charge is -2.33. The number of nitrogens with one attached hydrogen (secondary N) is 2. The van der Waals surface area contributed by atoms with E-state index in [0.717, 1.165) is 5.56 Å². The molecule has 2 fully saturated rings. The molecule has 2 aliphatic rings. The van der Waals surface area contributed by atoms with E-state index in [1.54, 1.807) is 4.90 Å². The molecule has 3 amide bonds. The van der Waals surface area contributed by atoms with E-state index >= 15 is 0 Å². The number of rotatable bonds is 4. The second-order valence-electron chi connectivity index (χ2n) is 6.46. The van der Waals surface area contributed by atoms with E-state index in [9.17, 15) is 14.4 Å². The van der Waals surface area contributed by atoms with E-state index in [1.165, 1.54) is 0 Å². The molecule has 2 heterocycles. The van der Waals surface area contributed by atoms with Crippen molar-refractivity contribution in [3.8, 4) is 0 Å². The molecule has 7 nitrogen and oxygen atoms in total. The predicted molar refractivity (Wildman–Crippen MR) is 90.5 cm³/mol. The predicted octanol–water partition coefficient (Wildman–Crippen LogP) is 1.18. The molecule has 2 N–H and O–H groups in total. The van der Waals surface area contributed by atoms with Gasteiger partial charge in [-0.1, -0.05) is 30.3 Å². The van der Waals surface area contributed by atoms with Gasteiger partial charge in [-0.25, -0.2) is 4.79 Å². The van der Waals surface area contributed by atoms with Crippen molar-refractivity contribution in [3.05, 3.63) is 35.9 Å². The maximum Gasteiger partial charge on any atom is 0.407 e. The zero-order chi connectivity index (χ0) is 17.6. The van der Waals surface area contributed by atoms with Crippen LogP contribution in [0.15, 0.2) is 30.3 Å². The molecule has 2 aliphatic heterocycles. The van der Waals surface area contributed by atoms with Crippen LogP contribution in [0.3, 0.4) is 0 Å². The summed E-state index contributed by atoms with van der Waals surface area (Å²) < 4.78 is 5.22. The first kappa shape index (κ1) is 17.3.